The van der Waals surface area contributed by atoms with Crippen LogP contribution in [-0.2, 0) is 4.79 Å². The number of carbonyl (C=O) groups excluding carboxylic acids is 3. The van der Waals surface area contributed by atoms with Gasteiger partial charge in [0.25, 0.3) is 17.6 Å². The highest BCUT2D eigenvalue weighted by molar-refractivity contribution is 6.45. The number of piperazine rings is 1. The third-order valence-corrected chi connectivity index (χ3v) is 5.92. The molecule has 10 nitrogen and oxygen atoms in total. The highest BCUT2D eigenvalue weighted by Crippen LogP contribution is 2.26. The fourth-order valence-electron chi connectivity index (χ4n) is 4.22. The molecular formula is C23H20FN7O3. The van der Waals surface area contributed by atoms with Crippen molar-refractivity contribution in [2.24, 2.45) is 0 Å². The number of carbonyl (C=O) groups is 3. The largest absolute Gasteiger partial charge is 0.357 e. The van der Waals surface area contributed by atoms with Crippen LogP contribution in [0, 0.1) is 5.82 Å². The van der Waals surface area contributed by atoms with Gasteiger partial charge in [-0.3, -0.25) is 14.4 Å². The van der Waals surface area contributed by atoms with E-state index in [1.165, 1.54) is 28.2 Å². The van der Waals surface area contributed by atoms with Gasteiger partial charge in [-0.2, -0.15) is 0 Å². The van der Waals surface area contributed by atoms with Gasteiger partial charge < -0.3 is 14.8 Å². The summed E-state index contributed by atoms with van der Waals surface area (Å²) < 4.78 is 16.0. The van der Waals surface area contributed by atoms with Crippen molar-refractivity contribution in [3.05, 3.63) is 72.1 Å². The van der Waals surface area contributed by atoms with Crippen LogP contribution in [0.1, 0.15) is 27.6 Å². The average Bonchev–Trinajstić information content (AvgIpc) is 3.55. The molecule has 1 fully saturated rings. The molecule has 5 rings (SSSR count). The molecule has 1 aliphatic heterocycles. The molecule has 172 valence electrons. The summed E-state index contributed by atoms with van der Waals surface area (Å²) in [5.74, 6) is -2.20. The van der Waals surface area contributed by atoms with Gasteiger partial charge in [0.05, 0.1) is 35.1 Å². The fraction of sp³-hybridized carbons (Fsp3) is 0.217. The second kappa shape index (κ2) is 8.50. The van der Waals surface area contributed by atoms with E-state index in [0.29, 0.717) is 5.56 Å². The van der Waals surface area contributed by atoms with Gasteiger partial charge in [-0.1, -0.05) is 23.4 Å². The number of nitrogens with zero attached hydrogens (tertiary/aromatic N) is 6. The Bertz CT molecular complexity index is 1380. The molecule has 0 spiro atoms. The number of H-pyrrole nitrogens is 1. The van der Waals surface area contributed by atoms with Gasteiger partial charge in [0.2, 0.25) is 0 Å². The summed E-state index contributed by atoms with van der Waals surface area (Å²) >= 11 is 0. The summed E-state index contributed by atoms with van der Waals surface area (Å²) in [7, 11) is 0. The van der Waals surface area contributed by atoms with Crippen LogP contribution in [-0.4, -0.2) is 78.0 Å². The van der Waals surface area contributed by atoms with Crippen LogP contribution in [0.25, 0.3) is 16.7 Å². The maximum absolute atomic E-state index is 14.7. The van der Waals surface area contributed by atoms with Crippen LogP contribution < -0.4 is 0 Å². The maximum Gasteiger partial charge on any atom is 0.295 e. The molecule has 34 heavy (non-hydrogen) atoms. The first kappa shape index (κ1) is 21.4. The average molecular weight is 461 g/mol. The van der Waals surface area contributed by atoms with Crippen LogP contribution in [0.5, 0.6) is 0 Å². The summed E-state index contributed by atoms with van der Waals surface area (Å²) in [6, 6.07) is 8.61. The first-order valence-corrected chi connectivity index (χ1v) is 10.7. The van der Waals surface area contributed by atoms with E-state index in [0.717, 1.165) is 6.20 Å². The van der Waals surface area contributed by atoms with E-state index in [9.17, 15) is 18.8 Å². The van der Waals surface area contributed by atoms with Gasteiger partial charge in [0.15, 0.2) is 11.6 Å². The van der Waals surface area contributed by atoms with Crippen molar-refractivity contribution in [1.29, 1.82) is 0 Å². The zero-order valence-electron chi connectivity index (χ0n) is 18.2. The van der Waals surface area contributed by atoms with Crippen molar-refractivity contribution in [2.45, 2.75) is 13.0 Å². The van der Waals surface area contributed by atoms with E-state index >= 15 is 0 Å². The number of nitrogens with one attached hydrogen (secondary N) is 1. The van der Waals surface area contributed by atoms with Gasteiger partial charge in [-0.15, -0.1) is 5.10 Å². The topological polar surface area (TPSA) is 117 Å². The molecule has 0 unspecified atom stereocenters. The number of benzene rings is 1. The number of pyridine rings is 1. The molecule has 1 aromatic carbocycles. The van der Waals surface area contributed by atoms with Gasteiger partial charge in [-0.05, 0) is 19.1 Å². The fourth-order valence-corrected chi connectivity index (χ4v) is 4.22. The third-order valence-electron chi connectivity index (χ3n) is 5.92. The third kappa shape index (κ3) is 3.60. The smallest absolute Gasteiger partial charge is 0.295 e. The molecule has 4 heterocycles. The molecule has 1 atom stereocenters. The zero-order valence-corrected chi connectivity index (χ0v) is 18.2. The Morgan fingerprint density at radius 2 is 1.94 bits per heavy atom. The van der Waals surface area contributed by atoms with Crippen molar-refractivity contribution < 1.29 is 18.8 Å². The van der Waals surface area contributed by atoms with E-state index in [4.69, 9.17) is 0 Å². The number of halogens is 1. The summed E-state index contributed by atoms with van der Waals surface area (Å²) in [6.07, 6.45) is 5.25. The van der Waals surface area contributed by atoms with Crippen LogP contribution in [0.3, 0.4) is 0 Å². The molecular weight excluding hydrogens is 441 g/mol. The number of hydrogen-bond acceptors (Lipinski definition) is 6. The highest BCUT2D eigenvalue weighted by Gasteiger charge is 2.34. The number of aromatic nitrogens is 5. The minimum Gasteiger partial charge on any atom is -0.357 e. The van der Waals surface area contributed by atoms with Crippen LogP contribution in [0.15, 0.2) is 55.1 Å². The number of aromatic amines is 1. The highest BCUT2D eigenvalue weighted by atomic mass is 19.1. The lowest BCUT2D eigenvalue weighted by Gasteiger charge is -2.39. The molecule has 0 aliphatic carbocycles. The molecule has 0 radical (unpaired) electrons. The van der Waals surface area contributed by atoms with Gasteiger partial charge >= 0.3 is 0 Å². The summed E-state index contributed by atoms with van der Waals surface area (Å²) in [5.41, 5.74) is 0.710. The van der Waals surface area contributed by atoms with Crippen molar-refractivity contribution in [3.8, 4) is 5.82 Å². The summed E-state index contributed by atoms with van der Waals surface area (Å²) in [4.78, 5) is 48.9. The predicted octanol–water partition coefficient (Wildman–Crippen LogP) is 1.84. The number of rotatable bonds is 4. The second-order valence-corrected chi connectivity index (χ2v) is 8.02. The summed E-state index contributed by atoms with van der Waals surface area (Å²) in [6.45, 7) is 2.51. The van der Waals surface area contributed by atoms with Crippen molar-refractivity contribution in [1.82, 2.24) is 34.8 Å². The lowest BCUT2D eigenvalue weighted by atomic mass is 10.1. The quantitative estimate of drug-likeness (QED) is 0.366. The maximum atomic E-state index is 14.7. The second-order valence-electron chi connectivity index (χ2n) is 8.02. The molecule has 1 aliphatic rings. The molecule has 3 aromatic heterocycles. The Kier molecular flexibility index (Phi) is 5.36. The van der Waals surface area contributed by atoms with Crippen molar-refractivity contribution >= 4 is 28.5 Å². The monoisotopic (exact) mass is 461 g/mol. The summed E-state index contributed by atoms with van der Waals surface area (Å²) in [5, 5.41) is 7.53. The minimum absolute atomic E-state index is 0.0372. The number of Topliss-reactive ketones (excluding diaryl/α,β-unsaturated/α-hetero) is 1. The van der Waals surface area contributed by atoms with Crippen molar-refractivity contribution in [3.63, 3.8) is 0 Å². The number of amides is 2. The Balaban J connectivity index is 1.37. The van der Waals surface area contributed by atoms with Crippen molar-refractivity contribution in [2.75, 3.05) is 19.6 Å². The first-order valence-electron chi connectivity index (χ1n) is 10.7. The molecule has 0 bridgehead atoms. The minimum atomic E-state index is -0.837. The lowest BCUT2D eigenvalue weighted by molar-refractivity contribution is -0.128. The Morgan fingerprint density at radius 1 is 1.15 bits per heavy atom. The Morgan fingerprint density at radius 3 is 2.65 bits per heavy atom. The Hall–Kier alpha value is -4.41. The van der Waals surface area contributed by atoms with Crippen LogP contribution in [0.2, 0.25) is 0 Å². The standard InChI is InChI=1S/C23H20FN7O3/c1-14-13-29(9-10-30(14)22(33)15-5-3-2-4-6-15)23(34)20(32)16-11-25-19-18(16)17(24)12-26-21(19)31-8-7-27-28-31/h2-8,11-12,14,25H,9-10,13H2,1H3/t14-/m1/s1. The molecule has 4 aromatic rings. The molecule has 11 heteroatoms. The first-order chi connectivity index (χ1) is 16.5. The van der Waals surface area contributed by atoms with Crippen LogP contribution in [0.4, 0.5) is 4.39 Å². The van der Waals surface area contributed by atoms with E-state index in [-0.39, 0.29) is 53.9 Å². The predicted molar refractivity (Wildman–Crippen MR) is 119 cm³/mol. The van der Waals surface area contributed by atoms with E-state index in [1.807, 2.05) is 13.0 Å². The van der Waals surface area contributed by atoms with Crippen LogP contribution >= 0.6 is 0 Å². The molecule has 0 saturated carbocycles. The molecule has 2 amide bonds. The number of fused-ring (bicyclic) bond motifs is 1. The normalized spacial score (nSPS) is 16.1. The van der Waals surface area contributed by atoms with E-state index in [2.05, 4.69) is 20.3 Å². The van der Waals surface area contributed by atoms with Gasteiger partial charge in [0.1, 0.15) is 0 Å². The molecule has 1 N–H and O–H groups in total. The zero-order chi connectivity index (χ0) is 23.8. The van der Waals surface area contributed by atoms with Gasteiger partial charge in [-0.25, -0.2) is 14.1 Å². The Labute approximate surface area is 193 Å². The van der Waals surface area contributed by atoms with E-state index < -0.39 is 17.5 Å². The molecule has 1 saturated heterocycles. The SMILES string of the molecule is C[C@@H]1CN(C(=O)C(=O)c2c[nH]c3c(-n4ccnn4)ncc(F)c23)CCN1C(=O)c1ccccc1. The van der Waals surface area contributed by atoms with E-state index in [1.54, 1.807) is 29.2 Å². The van der Waals surface area contributed by atoms with Gasteiger partial charge in [0, 0.05) is 37.4 Å². The number of hydrogen-bond donors (Lipinski definition) is 1. The lowest BCUT2D eigenvalue weighted by Crippen LogP contribution is -2.56. The number of ketones is 1.